The molecule has 1 atom stereocenters. The quantitative estimate of drug-likeness (QED) is 0.0450. The van der Waals surface area contributed by atoms with E-state index in [1.54, 1.807) is 0 Å². The molecule has 0 saturated heterocycles. The molecule has 0 aromatic carbocycles. The van der Waals surface area contributed by atoms with Crippen LogP contribution in [0.1, 0.15) is 181 Å². The van der Waals surface area contributed by atoms with Gasteiger partial charge in [0.2, 0.25) is 0 Å². The van der Waals surface area contributed by atoms with Crippen molar-refractivity contribution in [3.63, 3.8) is 0 Å². The fourth-order valence-corrected chi connectivity index (χ4v) is 4.99. The predicted molar refractivity (Wildman–Crippen MR) is 187 cm³/mol. The summed E-state index contributed by atoms with van der Waals surface area (Å²) in [5.41, 5.74) is 0. The van der Waals surface area contributed by atoms with E-state index in [0.717, 1.165) is 57.8 Å². The van der Waals surface area contributed by atoms with Crippen molar-refractivity contribution in [3.05, 3.63) is 36.5 Å². The smallest absolute Gasteiger partial charge is 0.305 e. The number of esters is 2. The van der Waals surface area contributed by atoms with Crippen molar-refractivity contribution in [2.75, 3.05) is 13.2 Å². The molecule has 0 unspecified atom stereocenters. The van der Waals surface area contributed by atoms with Gasteiger partial charge in [0.05, 0.1) is 0 Å². The lowest BCUT2D eigenvalue weighted by Crippen LogP contribution is -2.25. The SMILES string of the molecule is CCCCC/C=C\C/C=C\CCCCCCCC(=O)OC[C@@H](O)COC(=O)CCCCCCC/C=C\CCCCCCCC. The first-order chi connectivity index (χ1) is 21.6. The molecule has 1 N–H and O–H groups in total. The lowest BCUT2D eigenvalue weighted by molar-refractivity contribution is -0.152. The van der Waals surface area contributed by atoms with Crippen LogP contribution < -0.4 is 0 Å². The van der Waals surface area contributed by atoms with Gasteiger partial charge in [-0.3, -0.25) is 9.59 Å². The topological polar surface area (TPSA) is 72.8 Å². The van der Waals surface area contributed by atoms with E-state index in [4.69, 9.17) is 9.47 Å². The Labute approximate surface area is 272 Å². The molecule has 0 spiro atoms. The lowest BCUT2D eigenvalue weighted by Gasteiger charge is -2.12. The second-order valence-electron chi connectivity index (χ2n) is 12.3. The van der Waals surface area contributed by atoms with Gasteiger partial charge >= 0.3 is 11.9 Å². The predicted octanol–water partition coefficient (Wildman–Crippen LogP) is 11.3. The number of aliphatic hydroxyl groups excluding tert-OH is 1. The number of carbonyl (C=O) groups is 2. The van der Waals surface area contributed by atoms with Crippen LogP contribution >= 0.6 is 0 Å². The van der Waals surface area contributed by atoms with E-state index in [2.05, 4.69) is 50.3 Å². The van der Waals surface area contributed by atoms with Crippen LogP contribution in [0.4, 0.5) is 0 Å². The average Bonchev–Trinajstić information content (AvgIpc) is 3.02. The standard InChI is InChI=1S/C39H70O5/c1-3-5-7-9-11-13-15-17-19-21-23-25-27-29-31-33-38(41)43-35-37(40)36-44-39(42)34-32-30-28-26-24-22-20-18-16-14-12-10-8-6-4-2/h11,13,17-20,37,40H,3-10,12,14-16,21-36H2,1-2H3/b13-11-,19-17-,20-18-/t37-/m1/s1. The van der Waals surface area contributed by atoms with Crippen LogP contribution in [-0.2, 0) is 19.1 Å². The summed E-state index contributed by atoms with van der Waals surface area (Å²) in [4.78, 5) is 23.9. The van der Waals surface area contributed by atoms with Crippen LogP contribution in [0.2, 0.25) is 0 Å². The van der Waals surface area contributed by atoms with Gasteiger partial charge in [0, 0.05) is 12.8 Å². The Morgan fingerprint density at radius 2 is 0.795 bits per heavy atom. The zero-order chi connectivity index (χ0) is 32.2. The van der Waals surface area contributed by atoms with Gasteiger partial charge in [0.15, 0.2) is 0 Å². The molecule has 256 valence electrons. The van der Waals surface area contributed by atoms with E-state index in [1.165, 1.54) is 96.3 Å². The van der Waals surface area contributed by atoms with E-state index in [0.29, 0.717) is 12.8 Å². The van der Waals surface area contributed by atoms with E-state index < -0.39 is 6.10 Å². The first kappa shape index (κ1) is 42.1. The highest BCUT2D eigenvalue weighted by Gasteiger charge is 2.12. The van der Waals surface area contributed by atoms with Crippen molar-refractivity contribution in [2.24, 2.45) is 0 Å². The fourth-order valence-electron chi connectivity index (χ4n) is 4.99. The molecule has 0 radical (unpaired) electrons. The normalized spacial score (nSPS) is 12.5. The molecule has 0 aliphatic heterocycles. The van der Waals surface area contributed by atoms with Crippen LogP contribution in [0.25, 0.3) is 0 Å². The largest absolute Gasteiger partial charge is 0.463 e. The molecular weight excluding hydrogens is 548 g/mol. The molecule has 0 fully saturated rings. The van der Waals surface area contributed by atoms with Gasteiger partial charge in [-0.05, 0) is 70.6 Å². The summed E-state index contributed by atoms with van der Waals surface area (Å²) < 4.78 is 10.3. The molecule has 5 nitrogen and oxygen atoms in total. The highest BCUT2D eigenvalue weighted by molar-refractivity contribution is 5.69. The molecule has 0 bridgehead atoms. The summed E-state index contributed by atoms with van der Waals surface area (Å²) in [7, 11) is 0. The van der Waals surface area contributed by atoms with Gasteiger partial charge in [0.25, 0.3) is 0 Å². The molecule has 0 amide bonds. The summed E-state index contributed by atoms with van der Waals surface area (Å²) in [5.74, 6) is -0.590. The fraction of sp³-hybridized carbons (Fsp3) is 0.795. The highest BCUT2D eigenvalue weighted by Crippen LogP contribution is 2.11. The van der Waals surface area contributed by atoms with Crippen LogP contribution in [0.15, 0.2) is 36.5 Å². The average molecular weight is 619 g/mol. The highest BCUT2D eigenvalue weighted by atomic mass is 16.6. The van der Waals surface area contributed by atoms with Gasteiger partial charge in [-0.15, -0.1) is 0 Å². The van der Waals surface area contributed by atoms with Gasteiger partial charge in [-0.2, -0.15) is 0 Å². The van der Waals surface area contributed by atoms with Crippen molar-refractivity contribution in [2.45, 2.75) is 187 Å². The van der Waals surface area contributed by atoms with Gasteiger partial charge in [-0.1, -0.05) is 134 Å². The summed E-state index contributed by atoms with van der Waals surface area (Å²) in [5, 5.41) is 9.99. The third-order valence-electron chi connectivity index (χ3n) is 7.85. The Balaban J connectivity index is 3.48. The number of allylic oxidation sites excluding steroid dienone is 6. The first-order valence-corrected chi connectivity index (χ1v) is 18.5. The molecule has 0 aromatic rings. The zero-order valence-electron chi connectivity index (χ0n) is 28.9. The second-order valence-corrected chi connectivity index (χ2v) is 12.3. The van der Waals surface area contributed by atoms with Crippen molar-refractivity contribution >= 4 is 11.9 Å². The van der Waals surface area contributed by atoms with Gasteiger partial charge in [-0.25, -0.2) is 0 Å². The molecule has 5 heteroatoms. The van der Waals surface area contributed by atoms with Crippen molar-refractivity contribution in [1.82, 2.24) is 0 Å². The Morgan fingerprint density at radius 3 is 1.23 bits per heavy atom. The van der Waals surface area contributed by atoms with Crippen LogP contribution in [-0.4, -0.2) is 36.4 Å². The number of unbranched alkanes of at least 4 members (excludes halogenated alkanes) is 19. The Hall–Kier alpha value is -1.88. The van der Waals surface area contributed by atoms with E-state index >= 15 is 0 Å². The van der Waals surface area contributed by atoms with Gasteiger partial charge in [0.1, 0.15) is 19.3 Å². The lowest BCUT2D eigenvalue weighted by atomic mass is 10.1. The van der Waals surface area contributed by atoms with Crippen LogP contribution in [0.3, 0.4) is 0 Å². The molecule has 0 aromatic heterocycles. The summed E-state index contributed by atoms with van der Waals surface area (Å²) >= 11 is 0. The van der Waals surface area contributed by atoms with Crippen molar-refractivity contribution in [3.8, 4) is 0 Å². The number of carbonyl (C=O) groups excluding carboxylic acids is 2. The Morgan fingerprint density at radius 1 is 0.477 bits per heavy atom. The number of hydrogen-bond donors (Lipinski definition) is 1. The van der Waals surface area contributed by atoms with Crippen molar-refractivity contribution < 1.29 is 24.2 Å². The molecule has 0 heterocycles. The van der Waals surface area contributed by atoms with Gasteiger partial charge < -0.3 is 14.6 Å². The maximum atomic E-state index is 11.9. The maximum Gasteiger partial charge on any atom is 0.305 e. The number of aliphatic hydroxyl groups is 1. The monoisotopic (exact) mass is 619 g/mol. The third kappa shape index (κ3) is 34.6. The van der Waals surface area contributed by atoms with Crippen LogP contribution in [0, 0.1) is 0 Å². The summed E-state index contributed by atoms with van der Waals surface area (Å²) in [6, 6.07) is 0. The zero-order valence-corrected chi connectivity index (χ0v) is 28.9. The minimum atomic E-state index is -0.971. The number of rotatable bonds is 33. The van der Waals surface area contributed by atoms with Crippen LogP contribution in [0.5, 0.6) is 0 Å². The second kappa shape index (κ2) is 35.6. The maximum absolute atomic E-state index is 11.9. The summed E-state index contributed by atoms with van der Waals surface area (Å²) in [6.45, 7) is 4.24. The molecule has 0 rings (SSSR count). The Bertz CT molecular complexity index is 711. The minimum absolute atomic E-state index is 0.124. The molecule has 0 saturated carbocycles. The Kier molecular flexibility index (Phi) is 34.1. The molecule has 0 aliphatic rings. The van der Waals surface area contributed by atoms with E-state index in [1.807, 2.05) is 0 Å². The number of ether oxygens (including phenoxy) is 2. The van der Waals surface area contributed by atoms with Crippen molar-refractivity contribution in [1.29, 1.82) is 0 Å². The number of hydrogen-bond acceptors (Lipinski definition) is 5. The summed E-state index contributed by atoms with van der Waals surface area (Å²) in [6.07, 6.45) is 41.9. The third-order valence-corrected chi connectivity index (χ3v) is 7.85. The van der Waals surface area contributed by atoms with E-state index in [-0.39, 0.29) is 25.2 Å². The first-order valence-electron chi connectivity index (χ1n) is 18.5. The van der Waals surface area contributed by atoms with E-state index in [9.17, 15) is 14.7 Å². The molecule has 0 aliphatic carbocycles. The molecule has 44 heavy (non-hydrogen) atoms. The molecular formula is C39H70O5. The minimum Gasteiger partial charge on any atom is -0.463 e.